The van der Waals surface area contributed by atoms with Gasteiger partial charge in [0.1, 0.15) is 0 Å². The summed E-state index contributed by atoms with van der Waals surface area (Å²) in [6.45, 7) is 0. The first-order chi connectivity index (χ1) is 7.76. The van der Waals surface area contributed by atoms with Crippen LogP contribution in [0, 0.1) is 17.2 Å². The molecule has 0 aromatic carbocycles. The Morgan fingerprint density at radius 3 is 3.00 bits per heavy atom. The molecule has 2 heterocycles. The molecular formula is C10H9N5S. The highest BCUT2D eigenvalue weighted by atomic mass is 32.1. The van der Waals surface area contributed by atoms with E-state index in [9.17, 15) is 0 Å². The minimum Gasteiger partial charge on any atom is -0.375 e. The molecule has 0 saturated heterocycles. The lowest BCUT2D eigenvalue weighted by Crippen LogP contribution is -2.21. The van der Waals surface area contributed by atoms with Gasteiger partial charge in [-0.3, -0.25) is 0 Å². The predicted octanol–water partition coefficient (Wildman–Crippen LogP) is 1.69. The molecule has 2 aromatic rings. The lowest BCUT2D eigenvalue weighted by Gasteiger charge is -2.29. The smallest absolute Gasteiger partial charge is 0.191 e. The van der Waals surface area contributed by atoms with Crippen LogP contribution in [-0.2, 0) is 0 Å². The van der Waals surface area contributed by atoms with Gasteiger partial charge in [-0.05, 0) is 12.8 Å². The molecule has 0 amide bonds. The fourth-order valence-corrected chi connectivity index (χ4v) is 2.58. The van der Waals surface area contributed by atoms with Crippen molar-refractivity contribution in [1.29, 1.82) is 5.26 Å². The van der Waals surface area contributed by atoms with Gasteiger partial charge in [-0.15, -0.1) is 0 Å². The Morgan fingerprint density at radius 1 is 1.44 bits per heavy atom. The molecule has 1 fully saturated rings. The second kappa shape index (κ2) is 3.39. The van der Waals surface area contributed by atoms with Crippen molar-refractivity contribution in [2.75, 3.05) is 5.73 Å². The van der Waals surface area contributed by atoms with Crippen molar-refractivity contribution in [3.63, 3.8) is 0 Å². The number of thiazole rings is 1. The standard InChI is InChI=1S/C10H9N5S/c11-3-5-1-6(2-5)7-4-13-8-9(14-7)16-10(12)15-8/h4-6H,1-2H2,(H2,12,13,15)/t5-,6+. The number of fused-ring (bicyclic) bond motifs is 1. The number of hydrogen-bond donors (Lipinski definition) is 1. The van der Waals surface area contributed by atoms with Crippen molar-refractivity contribution < 1.29 is 0 Å². The zero-order valence-corrected chi connectivity index (χ0v) is 9.24. The number of nitriles is 1. The van der Waals surface area contributed by atoms with E-state index in [0.29, 0.717) is 16.7 Å². The maximum absolute atomic E-state index is 8.72. The first-order valence-corrected chi connectivity index (χ1v) is 5.86. The van der Waals surface area contributed by atoms with Gasteiger partial charge >= 0.3 is 0 Å². The highest BCUT2D eigenvalue weighted by Gasteiger charge is 2.31. The van der Waals surface area contributed by atoms with Gasteiger partial charge in [0.15, 0.2) is 15.6 Å². The quantitative estimate of drug-likeness (QED) is 0.806. The summed E-state index contributed by atoms with van der Waals surface area (Å²) < 4.78 is 0. The van der Waals surface area contributed by atoms with Gasteiger partial charge in [0.05, 0.1) is 18.0 Å². The highest BCUT2D eigenvalue weighted by molar-refractivity contribution is 7.21. The molecule has 2 N–H and O–H groups in total. The molecule has 2 aromatic heterocycles. The van der Waals surface area contributed by atoms with E-state index in [1.807, 2.05) is 0 Å². The number of nitrogens with zero attached hydrogens (tertiary/aromatic N) is 4. The van der Waals surface area contributed by atoms with Crippen LogP contribution >= 0.6 is 11.3 Å². The SMILES string of the molecule is N#C[C@H]1C[C@@H](c2cnc3nc(N)sc3n2)C1. The number of anilines is 1. The number of nitrogens with two attached hydrogens (primary N) is 1. The third kappa shape index (κ3) is 1.41. The van der Waals surface area contributed by atoms with Crippen LogP contribution in [0.4, 0.5) is 5.13 Å². The summed E-state index contributed by atoms with van der Waals surface area (Å²) in [7, 11) is 0. The van der Waals surface area contributed by atoms with Crippen molar-refractivity contribution in [1.82, 2.24) is 15.0 Å². The molecule has 0 bridgehead atoms. The van der Waals surface area contributed by atoms with Crippen LogP contribution in [0.5, 0.6) is 0 Å². The van der Waals surface area contributed by atoms with Crippen LogP contribution in [0.15, 0.2) is 6.20 Å². The van der Waals surface area contributed by atoms with Crippen molar-refractivity contribution in [2.24, 2.45) is 5.92 Å². The van der Waals surface area contributed by atoms with E-state index in [1.54, 1.807) is 6.20 Å². The second-order valence-electron chi connectivity index (χ2n) is 3.97. The molecule has 1 aliphatic carbocycles. The maximum Gasteiger partial charge on any atom is 0.191 e. The van der Waals surface area contributed by atoms with E-state index < -0.39 is 0 Å². The Balaban J connectivity index is 1.91. The van der Waals surface area contributed by atoms with E-state index in [2.05, 4.69) is 21.0 Å². The van der Waals surface area contributed by atoms with E-state index in [-0.39, 0.29) is 5.92 Å². The second-order valence-corrected chi connectivity index (χ2v) is 4.98. The predicted molar refractivity (Wildman–Crippen MR) is 60.7 cm³/mol. The first kappa shape index (κ1) is 9.48. The van der Waals surface area contributed by atoms with Gasteiger partial charge in [-0.25, -0.2) is 9.97 Å². The van der Waals surface area contributed by atoms with Crippen LogP contribution in [0.25, 0.3) is 10.5 Å². The van der Waals surface area contributed by atoms with Crippen molar-refractivity contribution in [3.05, 3.63) is 11.9 Å². The molecule has 0 aliphatic heterocycles. The van der Waals surface area contributed by atoms with Crippen LogP contribution in [0.2, 0.25) is 0 Å². The molecule has 16 heavy (non-hydrogen) atoms. The number of nitrogen functional groups attached to an aromatic ring is 1. The average molecular weight is 231 g/mol. The van der Waals surface area contributed by atoms with Crippen LogP contribution in [-0.4, -0.2) is 15.0 Å². The molecule has 0 spiro atoms. The topological polar surface area (TPSA) is 88.5 Å². The van der Waals surface area contributed by atoms with E-state index in [4.69, 9.17) is 11.0 Å². The summed E-state index contributed by atoms with van der Waals surface area (Å²) in [5.41, 5.74) is 7.17. The summed E-state index contributed by atoms with van der Waals surface area (Å²) in [5, 5.41) is 9.21. The molecule has 0 radical (unpaired) electrons. The van der Waals surface area contributed by atoms with E-state index >= 15 is 0 Å². The van der Waals surface area contributed by atoms with E-state index in [0.717, 1.165) is 23.4 Å². The summed E-state index contributed by atoms with van der Waals surface area (Å²) in [6, 6.07) is 2.26. The third-order valence-corrected chi connectivity index (χ3v) is 3.66. The largest absolute Gasteiger partial charge is 0.375 e. The molecule has 5 nitrogen and oxygen atoms in total. The Bertz CT molecular complexity index is 578. The van der Waals surface area contributed by atoms with Crippen molar-refractivity contribution in [2.45, 2.75) is 18.8 Å². The summed E-state index contributed by atoms with van der Waals surface area (Å²) in [6.07, 6.45) is 3.54. The third-order valence-electron chi connectivity index (χ3n) is 2.90. The minimum absolute atomic E-state index is 0.189. The molecule has 3 rings (SSSR count). The van der Waals surface area contributed by atoms with Crippen LogP contribution < -0.4 is 5.73 Å². The first-order valence-electron chi connectivity index (χ1n) is 5.05. The number of rotatable bonds is 1. The Kier molecular flexibility index (Phi) is 2.01. The van der Waals surface area contributed by atoms with Gasteiger partial charge in [0.2, 0.25) is 0 Å². The van der Waals surface area contributed by atoms with Gasteiger partial charge in [0.25, 0.3) is 0 Å². The molecule has 1 saturated carbocycles. The molecule has 80 valence electrons. The molecule has 6 heteroatoms. The Hall–Kier alpha value is -1.74. The average Bonchev–Trinajstić information content (AvgIpc) is 2.55. The number of aromatic nitrogens is 3. The molecule has 0 atom stereocenters. The summed E-state index contributed by atoms with van der Waals surface area (Å²) in [5.74, 6) is 0.568. The Labute approximate surface area is 96.0 Å². The van der Waals surface area contributed by atoms with Gasteiger partial charge < -0.3 is 5.73 Å². The minimum atomic E-state index is 0.189. The van der Waals surface area contributed by atoms with E-state index in [1.165, 1.54) is 11.3 Å². The fourth-order valence-electron chi connectivity index (χ4n) is 1.91. The monoisotopic (exact) mass is 231 g/mol. The highest BCUT2D eigenvalue weighted by Crippen LogP contribution is 2.40. The normalized spacial score (nSPS) is 23.9. The van der Waals surface area contributed by atoms with Gasteiger partial charge in [-0.2, -0.15) is 10.2 Å². The maximum atomic E-state index is 8.72. The van der Waals surface area contributed by atoms with Crippen LogP contribution in [0.3, 0.4) is 0 Å². The van der Waals surface area contributed by atoms with Crippen molar-refractivity contribution >= 4 is 26.9 Å². The van der Waals surface area contributed by atoms with Gasteiger partial charge in [-0.1, -0.05) is 11.3 Å². The van der Waals surface area contributed by atoms with Crippen LogP contribution in [0.1, 0.15) is 24.5 Å². The lowest BCUT2D eigenvalue weighted by atomic mass is 9.74. The molecule has 1 aliphatic rings. The Morgan fingerprint density at radius 2 is 2.25 bits per heavy atom. The summed E-state index contributed by atoms with van der Waals surface area (Å²) >= 11 is 1.35. The van der Waals surface area contributed by atoms with Crippen molar-refractivity contribution in [3.8, 4) is 6.07 Å². The zero-order chi connectivity index (χ0) is 11.1. The molecule has 0 unspecified atom stereocenters. The zero-order valence-electron chi connectivity index (χ0n) is 8.42. The lowest BCUT2D eigenvalue weighted by molar-refractivity contribution is 0.325. The fraction of sp³-hybridized carbons (Fsp3) is 0.400. The molecular weight excluding hydrogens is 222 g/mol. The number of hydrogen-bond acceptors (Lipinski definition) is 6. The van der Waals surface area contributed by atoms with Gasteiger partial charge in [0, 0.05) is 11.8 Å². The summed E-state index contributed by atoms with van der Waals surface area (Å²) in [4.78, 5) is 13.6.